The van der Waals surface area contributed by atoms with Crippen molar-refractivity contribution >= 4 is 5.78 Å². The fourth-order valence-electron chi connectivity index (χ4n) is 8.03. The number of fused-ring (bicyclic) bond motifs is 5. The highest BCUT2D eigenvalue weighted by molar-refractivity contribution is 5.87. The summed E-state index contributed by atoms with van der Waals surface area (Å²) < 4.78 is 0. The molecule has 23 heavy (non-hydrogen) atoms. The van der Waals surface area contributed by atoms with E-state index < -0.39 is 0 Å². The molecular weight excluding hydrogens is 280 g/mol. The molecule has 9 atom stereocenters. The van der Waals surface area contributed by atoms with Crippen LogP contribution in [0.3, 0.4) is 0 Å². The van der Waals surface area contributed by atoms with Crippen LogP contribution in [-0.2, 0) is 4.79 Å². The molecule has 0 saturated heterocycles. The van der Waals surface area contributed by atoms with E-state index >= 15 is 0 Å². The minimum absolute atomic E-state index is 0.0281. The first kappa shape index (κ1) is 16.2. The van der Waals surface area contributed by atoms with Crippen LogP contribution in [0, 0.1) is 52.3 Å². The zero-order chi connectivity index (χ0) is 16.6. The Kier molecular flexibility index (Phi) is 3.57. The summed E-state index contributed by atoms with van der Waals surface area (Å²) in [5.41, 5.74) is 0.580. The molecule has 0 bridgehead atoms. The SMILES string of the molecule is C[C@H]1CC[C@]2(C)C3CC[C@]4(C)C(=O)CCC4C3[C@H](C)[C@@H](C)C2C1. The first-order valence-corrected chi connectivity index (χ1v) is 10.3. The standard InChI is InChI=1S/C22H36O/c1-13-8-10-21(4)17-9-11-22(5)16(6-7-19(22)23)20(17)15(3)14(2)18(21)12-13/h13-18,20H,6-12H2,1-5H3/t13-,14+,15+,16?,17?,18?,20?,21+,22-/m0/s1. The molecule has 4 aliphatic carbocycles. The van der Waals surface area contributed by atoms with Gasteiger partial charge in [-0.05, 0) is 78.9 Å². The molecule has 4 aliphatic rings. The van der Waals surface area contributed by atoms with Crippen molar-refractivity contribution < 1.29 is 4.79 Å². The summed E-state index contributed by atoms with van der Waals surface area (Å²) >= 11 is 0. The largest absolute Gasteiger partial charge is 0.299 e. The molecule has 0 spiro atoms. The summed E-state index contributed by atoms with van der Waals surface area (Å²) in [6.07, 6.45) is 8.87. The molecule has 0 N–H and O–H groups in total. The normalized spacial score (nSPS) is 59.2. The van der Waals surface area contributed by atoms with Crippen molar-refractivity contribution in [2.24, 2.45) is 52.3 Å². The predicted octanol–water partition coefficient (Wildman–Crippen LogP) is 5.73. The number of hydrogen-bond donors (Lipinski definition) is 0. The predicted molar refractivity (Wildman–Crippen MR) is 95.0 cm³/mol. The van der Waals surface area contributed by atoms with Crippen LogP contribution in [0.25, 0.3) is 0 Å². The first-order chi connectivity index (χ1) is 10.8. The molecule has 0 heterocycles. The van der Waals surface area contributed by atoms with Gasteiger partial charge < -0.3 is 0 Å². The number of ketones is 1. The Morgan fingerprint density at radius 3 is 2.35 bits per heavy atom. The van der Waals surface area contributed by atoms with Crippen molar-refractivity contribution in [1.29, 1.82) is 0 Å². The van der Waals surface area contributed by atoms with E-state index in [4.69, 9.17) is 0 Å². The lowest BCUT2D eigenvalue weighted by molar-refractivity contribution is -0.165. The average Bonchev–Trinajstić information content (AvgIpc) is 2.82. The van der Waals surface area contributed by atoms with E-state index in [1.54, 1.807) is 0 Å². The Bertz CT molecular complexity index is 510. The van der Waals surface area contributed by atoms with Gasteiger partial charge in [0, 0.05) is 11.8 Å². The van der Waals surface area contributed by atoms with Crippen molar-refractivity contribution in [3.05, 3.63) is 0 Å². The number of Topliss-reactive ketones (excluding diaryl/α,β-unsaturated/α-hetero) is 1. The third kappa shape index (κ3) is 2.00. The van der Waals surface area contributed by atoms with Crippen LogP contribution in [-0.4, -0.2) is 5.78 Å². The Morgan fingerprint density at radius 2 is 1.61 bits per heavy atom. The van der Waals surface area contributed by atoms with Crippen molar-refractivity contribution in [3.63, 3.8) is 0 Å². The van der Waals surface area contributed by atoms with Gasteiger partial charge in [-0.1, -0.05) is 41.0 Å². The van der Waals surface area contributed by atoms with Gasteiger partial charge in [0.2, 0.25) is 0 Å². The van der Waals surface area contributed by atoms with Crippen molar-refractivity contribution in [1.82, 2.24) is 0 Å². The van der Waals surface area contributed by atoms with Crippen LogP contribution < -0.4 is 0 Å². The first-order valence-electron chi connectivity index (χ1n) is 10.3. The fraction of sp³-hybridized carbons (Fsp3) is 0.955. The summed E-state index contributed by atoms with van der Waals surface area (Å²) in [6, 6.07) is 0. The van der Waals surface area contributed by atoms with E-state index in [1.165, 1.54) is 38.5 Å². The number of carbonyl (C=O) groups excluding carboxylic acids is 1. The fourth-order valence-corrected chi connectivity index (χ4v) is 8.03. The maximum Gasteiger partial charge on any atom is 0.139 e. The van der Waals surface area contributed by atoms with Crippen molar-refractivity contribution in [2.75, 3.05) is 0 Å². The summed E-state index contributed by atoms with van der Waals surface area (Å²) in [5.74, 6) is 6.44. The van der Waals surface area contributed by atoms with Gasteiger partial charge in [-0.2, -0.15) is 0 Å². The maximum absolute atomic E-state index is 12.6. The summed E-state index contributed by atoms with van der Waals surface area (Å²) in [7, 11) is 0. The monoisotopic (exact) mass is 316 g/mol. The van der Waals surface area contributed by atoms with Crippen LogP contribution in [0.4, 0.5) is 0 Å². The lowest BCUT2D eigenvalue weighted by Gasteiger charge is -2.64. The van der Waals surface area contributed by atoms with E-state index in [0.717, 1.165) is 41.9 Å². The van der Waals surface area contributed by atoms with E-state index in [2.05, 4.69) is 34.6 Å². The van der Waals surface area contributed by atoms with Crippen LogP contribution in [0.15, 0.2) is 0 Å². The number of rotatable bonds is 0. The van der Waals surface area contributed by atoms with Gasteiger partial charge in [-0.3, -0.25) is 4.79 Å². The Morgan fingerprint density at radius 1 is 0.870 bits per heavy atom. The molecule has 130 valence electrons. The zero-order valence-electron chi connectivity index (χ0n) is 15.9. The topological polar surface area (TPSA) is 17.1 Å². The molecule has 1 nitrogen and oxygen atoms in total. The Hall–Kier alpha value is -0.330. The molecule has 4 saturated carbocycles. The van der Waals surface area contributed by atoms with Crippen LogP contribution in [0.1, 0.15) is 79.6 Å². The summed E-state index contributed by atoms with van der Waals surface area (Å²) in [4.78, 5) is 12.6. The Balaban J connectivity index is 1.73. The second-order valence-corrected chi connectivity index (χ2v) is 10.4. The van der Waals surface area contributed by atoms with Gasteiger partial charge >= 0.3 is 0 Å². The van der Waals surface area contributed by atoms with Crippen molar-refractivity contribution in [3.8, 4) is 0 Å². The zero-order valence-corrected chi connectivity index (χ0v) is 15.9. The Labute approximate surface area is 143 Å². The van der Waals surface area contributed by atoms with Crippen LogP contribution >= 0.6 is 0 Å². The highest BCUT2D eigenvalue weighted by atomic mass is 16.1. The summed E-state index contributed by atoms with van der Waals surface area (Å²) in [5, 5.41) is 0. The third-order valence-electron chi connectivity index (χ3n) is 9.64. The second-order valence-electron chi connectivity index (χ2n) is 10.4. The highest BCUT2D eigenvalue weighted by Gasteiger charge is 2.63. The molecule has 4 unspecified atom stereocenters. The van der Waals surface area contributed by atoms with E-state index in [-0.39, 0.29) is 5.41 Å². The molecule has 4 rings (SSSR count). The van der Waals surface area contributed by atoms with Gasteiger partial charge in [-0.25, -0.2) is 0 Å². The van der Waals surface area contributed by atoms with Crippen LogP contribution in [0.2, 0.25) is 0 Å². The van der Waals surface area contributed by atoms with Gasteiger partial charge in [0.25, 0.3) is 0 Å². The molecule has 0 aromatic rings. The van der Waals surface area contributed by atoms with Gasteiger partial charge in [0.05, 0.1) is 0 Å². The third-order valence-corrected chi connectivity index (χ3v) is 9.64. The van der Waals surface area contributed by atoms with E-state index in [1.807, 2.05) is 0 Å². The average molecular weight is 317 g/mol. The molecule has 0 aliphatic heterocycles. The lowest BCUT2D eigenvalue weighted by Crippen LogP contribution is -2.58. The molecular formula is C22H36O. The molecule has 0 aromatic heterocycles. The van der Waals surface area contributed by atoms with Crippen LogP contribution in [0.5, 0.6) is 0 Å². The van der Waals surface area contributed by atoms with E-state index in [9.17, 15) is 4.79 Å². The second kappa shape index (κ2) is 5.09. The number of hydrogen-bond acceptors (Lipinski definition) is 1. The molecule has 4 fully saturated rings. The van der Waals surface area contributed by atoms with Crippen molar-refractivity contribution in [2.45, 2.75) is 79.6 Å². The highest BCUT2D eigenvalue weighted by Crippen LogP contribution is 2.68. The van der Waals surface area contributed by atoms with E-state index in [0.29, 0.717) is 17.1 Å². The lowest BCUT2D eigenvalue weighted by atomic mass is 9.40. The quantitative estimate of drug-likeness (QED) is 0.558. The molecule has 0 aromatic carbocycles. The molecule has 0 radical (unpaired) electrons. The maximum atomic E-state index is 12.6. The van der Waals surface area contributed by atoms with Gasteiger partial charge in [-0.15, -0.1) is 0 Å². The minimum Gasteiger partial charge on any atom is -0.299 e. The minimum atomic E-state index is 0.0281. The smallest absolute Gasteiger partial charge is 0.139 e. The molecule has 0 amide bonds. The van der Waals surface area contributed by atoms with Gasteiger partial charge in [0.15, 0.2) is 0 Å². The van der Waals surface area contributed by atoms with Gasteiger partial charge in [0.1, 0.15) is 5.78 Å². The molecule has 1 heteroatoms. The summed E-state index contributed by atoms with van der Waals surface area (Å²) in [6.45, 7) is 12.5. The number of carbonyl (C=O) groups is 1.